The third-order valence-electron chi connectivity index (χ3n) is 6.59. The Morgan fingerprint density at radius 1 is 1.12 bits per heavy atom. The van der Waals surface area contributed by atoms with E-state index in [1.54, 1.807) is 0 Å². The summed E-state index contributed by atoms with van der Waals surface area (Å²) in [5, 5.41) is 53.6. The molecule has 214 valence electrons. The van der Waals surface area contributed by atoms with Gasteiger partial charge in [0.15, 0.2) is 17.0 Å². The van der Waals surface area contributed by atoms with Gasteiger partial charge in [0, 0.05) is 5.56 Å². The molecule has 4 atom stereocenters. The van der Waals surface area contributed by atoms with Gasteiger partial charge in [0.05, 0.1) is 11.0 Å². The molecule has 2 aromatic carbocycles. The number of halogens is 1. The molecular weight excluding hydrogens is 546 g/mol. The van der Waals surface area contributed by atoms with Crippen LogP contribution >= 0.6 is 11.6 Å². The van der Waals surface area contributed by atoms with Crippen molar-refractivity contribution in [1.82, 2.24) is 0 Å². The summed E-state index contributed by atoms with van der Waals surface area (Å²) in [4.78, 5) is 25.7. The van der Waals surface area contributed by atoms with Gasteiger partial charge < -0.3 is 44.7 Å². The minimum Gasteiger partial charge on any atom is -0.508 e. The first-order valence-electron chi connectivity index (χ1n) is 12.3. The maximum atomic E-state index is 12.9. The Morgan fingerprint density at radius 3 is 2.50 bits per heavy atom. The van der Waals surface area contributed by atoms with Crippen LogP contribution in [0.3, 0.4) is 0 Å². The molecule has 1 aliphatic rings. The lowest BCUT2D eigenvalue weighted by molar-refractivity contribution is -0.301. The van der Waals surface area contributed by atoms with Crippen LogP contribution in [0.5, 0.6) is 17.2 Å². The van der Waals surface area contributed by atoms with E-state index in [9.17, 15) is 35.1 Å². The van der Waals surface area contributed by atoms with Gasteiger partial charge in [0.1, 0.15) is 34.8 Å². The predicted octanol–water partition coefficient (Wildman–Crippen LogP) is 3.22. The van der Waals surface area contributed by atoms with E-state index in [2.05, 4.69) is 5.32 Å². The third kappa shape index (κ3) is 5.65. The van der Waals surface area contributed by atoms with E-state index in [-0.39, 0.29) is 33.1 Å². The first-order chi connectivity index (χ1) is 18.7. The molecular formula is C28H30ClNO10. The summed E-state index contributed by atoms with van der Waals surface area (Å²) in [5.41, 5.74) is -1.49. The van der Waals surface area contributed by atoms with Crippen molar-refractivity contribution in [2.24, 2.45) is 0 Å². The molecule has 6 N–H and O–H groups in total. The van der Waals surface area contributed by atoms with Crippen molar-refractivity contribution in [2.45, 2.75) is 64.3 Å². The molecule has 1 amide bonds. The fraction of sp³-hybridized carbons (Fsp3) is 0.357. The number of ether oxygens (including phenoxy) is 2. The average Bonchev–Trinajstić information content (AvgIpc) is 2.89. The highest BCUT2D eigenvalue weighted by molar-refractivity contribution is 6.36. The second-order valence-corrected chi connectivity index (χ2v) is 10.7. The number of hydrogen-bond donors (Lipinski definition) is 6. The zero-order valence-electron chi connectivity index (χ0n) is 22.1. The van der Waals surface area contributed by atoms with Crippen molar-refractivity contribution >= 4 is 34.2 Å². The molecule has 0 spiro atoms. The van der Waals surface area contributed by atoms with Crippen molar-refractivity contribution in [1.29, 1.82) is 0 Å². The minimum atomic E-state index is -1.63. The molecule has 4 rings (SSSR count). The molecule has 2 heterocycles. The zero-order chi connectivity index (χ0) is 29.5. The molecule has 40 heavy (non-hydrogen) atoms. The molecule has 3 aromatic rings. The number of benzene rings is 2. The van der Waals surface area contributed by atoms with Crippen molar-refractivity contribution in [3.8, 4) is 17.2 Å². The molecule has 0 bridgehead atoms. The number of aliphatic hydroxyl groups excluding tert-OH is 3. The van der Waals surface area contributed by atoms with Crippen LogP contribution in [0, 0.1) is 0 Å². The number of nitrogens with one attached hydrogen (secondary N) is 1. The van der Waals surface area contributed by atoms with E-state index in [1.165, 1.54) is 44.2 Å². The molecule has 1 fully saturated rings. The van der Waals surface area contributed by atoms with Crippen molar-refractivity contribution in [3.63, 3.8) is 0 Å². The van der Waals surface area contributed by atoms with E-state index < -0.39 is 53.2 Å². The van der Waals surface area contributed by atoms with Gasteiger partial charge in [-0.05, 0) is 70.0 Å². The fourth-order valence-corrected chi connectivity index (χ4v) is 4.46. The van der Waals surface area contributed by atoms with Gasteiger partial charge in [0.25, 0.3) is 5.91 Å². The molecule has 11 nitrogen and oxygen atoms in total. The van der Waals surface area contributed by atoms with Gasteiger partial charge in [-0.3, -0.25) is 4.79 Å². The molecule has 0 saturated carbocycles. The Morgan fingerprint density at radius 2 is 1.82 bits per heavy atom. The monoisotopic (exact) mass is 575 g/mol. The molecule has 0 unspecified atom stereocenters. The normalized spacial score (nSPS) is 22.1. The first kappa shape index (κ1) is 29.4. The maximum Gasteiger partial charge on any atom is 0.364 e. The van der Waals surface area contributed by atoms with E-state index in [0.29, 0.717) is 12.0 Å². The summed E-state index contributed by atoms with van der Waals surface area (Å²) in [7, 11) is 0. The number of aromatic hydroxyl groups is 2. The van der Waals surface area contributed by atoms with Gasteiger partial charge >= 0.3 is 5.63 Å². The number of anilines is 1. The van der Waals surface area contributed by atoms with E-state index in [4.69, 9.17) is 25.5 Å². The minimum absolute atomic E-state index is 0.00942. The second kappa shape index (κ2) is 11.1. The Kier molecular flexibility index (Phi) is 8.16. The fourth-order valence-electron chi connectivity index (χ4n) is 4.21. The lowest BCUT2D eigenvalue weighted by atomic mass is 9.90. The summed E-state index contributed by atoms with van der Waals surface area (Å²) in [6.45, 7) is 6.81. The lowest BCUT2D eigenvalue weighted by Gasteiger charge is -2.44. The quantitative estimate of drug-likeness (QED) is 0.189. The standard InChI is InChI=1S/C28H30ClNO10/c1-12(2)5-6-13-11-14(7-9-16(13)31)25(36)30-19-20(32)15-8-10-17(18(29)23(15)39-26(19)37)38-27-22(34)21(33)24(35)28(3,4)40-27/h5,7-11,21-22,24,27,31-35H,6H2,1-4H3,(H,30,36)/t21-,22+,24+,27+/m0/s1. The summed E-state index contributed by atoms with van der Waals surface area (Å²) < 4.78 is 16.5. The van der Waals surface area contributed by atoms with Crippen LogP contribution in [0.15, 0.2) is 51.2 Å². The number of carbonyl (C=O) groups excluding carboxylic acids is 1. The lowest BCUT2D eigenvalue weighted by Crippen LogP contribution is -2.63. The molecule has 1 aromatic heterocycles. The first-order valence-corrected chi connectivity index (χ1v) is 12.7. The smallest absolute Gasteiger partial charge is 0.364 e. The van der Waals surface area contributed by atoms with Crippen molar-refractivity contribution in [3.05, 3.63) is 68.6 Å². The molecule has 1 aliphatic heterocycles. The molecule has 1 saturated heterocycles. The van der Waals surface area contributed by atoms with Crippen LogP contribution in [-0.2, 0) is 11.2 Å². The average molecular weight is 576 g/mol. The number of amides is 1. The molecule has 0 aliphatic carbocycles. The number of aliphatic hydroxyl groups is 3. The van der Waals surface area contributed by atoms with E-state index in [1.807, 2.05) is 19.9 Å². The number of hydrogen-bond acceptors (Lipinski definition) is 10. The largest absolute Gasteiger partial charge is 0.508 e. The summed E-state index contributed by atoms with van der Waals surface area (Å²) >= 11 is 6.39. The number of allylic oxidation sites excluding steroid dienone is 2. The van der Waals surface area contributed by atoms with Crippen LogP contribution < -0.4 is 15.7 Å². The molecule has 0 radical (unpaired) electrons. The van der Waals surface area contributed by atoms with E-state index in [0.717, 1.165) is 5.57 Å². The molecule has 12 heteroatoms. The number of carbonyl (C=O) groups is 1. The maximum absolute atomic E-state index is 12.9. The Bertz CT molecular complexity index is 1540. The summed E-state index contributed by atoms with van der Waals surface area (Å²) in [6.07, 6.45) is -3.75. The van der Waals surface area contributed by atoms with Crippen molar-refractivity contribution in [2.75, 3.05) is 5.32 Å². The van der Waals surface area contributed by atoms with Gasteiger partial charge in [-0.1, -0.05) is 23.3 Å². The highest BCUT2D eigenvalue weighted by atomic mass is 35.5. The SMILES string of the molecule is CC(C)=CCc1cc(C(=O)Nc2c(O)c3ccc(O[C@@H]4OC(C)(C)[C@H](O)[C@@H](O)[C@H]4O)c(Cl)c3oc2=O)ccc1O. The van der Waals surface area contributed by atoms with Gasteiger partial charge in [-0.2, -0.15) is 0 Å². The Balaban J connectivity index is 1.63. The Hall–Kier alpha value is -3.61. The zero-order valence-corrected chi connectivity index (χ0v) is 22.9. The highest BCUT2D eigenvalue weighted by Crippen LogP contribution is 2.40. The topological polar surface area (TPSA) is 179 Å². The van der Waals surface area contributed by atoms with Gasteiger partial charge in [0.2, 0.25) is 6.29 Å². The highest BCUT2D eigenvalue weighted by Gasteiger charge is 2.49. The van der Waals surface area contributed by atoms with Crippen LogP contribution in [0.1, 0.15) is 43.6 Å². The number of phenols is 1. The summed E-state index contributed by atoms with van der Waals surface area (Å²) in [6, 6.07) is 6.83. The van der Waals surface area contributed by atoms with Crippen LogP contribution in [0.2, 0.25) is 5.02 Å². The van der Waals surface area contributed by atoms with Crippen molar-refractivity contribution < 1.29 is 44.2 Å². The third-order valence-corrected chi connectivity index (χ3v) is 6.95. The second-order valence-electron chi connectivity index (χ2n) is 10.3. The van der Waals surface area contributed by atoms with Gasteiger partial charge in [-0.15, -0.1) is 0 Å². The number of fused-ring (bicyclic) bond motifs is 1. The number of rotatable bonds is 6. The van der Waals surface area contributed by atoms with Crippen LogP contribution in [0.25, 0.3) is 11.0 Å². The van der Waals surface area contributed by atoms with E-state index >= 15 is 0 Å². The van der Waals surface area contributed by atoms with Crippen LogP contribution in [0.4, 0.5) is 5.69 Å². The summed E-state index contributed by atoms with van der Waals surface area (Å²) in [5.74, 6) is -1.43. The van der Waals surface area contributed by atoms with Gasteiger partial charge in [-0.25, -0.2) is 4.79 Å². The predicted molar refractivity (Wildman–Crippen MR) is 146 cm³/mol. The number of phenolic OH excluding ortho intramolecular Hbond substituents is 1. The van der Waals surface area contributed by atoms with Crippen LogP contribution in [-0.4, -0.2) is 61.6 Å². The Labute approximate surface area is 233 Å².